The third-order valence-corrected chi connectivity index (χ3v) is 4.94. The van der Waals surface area contributed by atoms with Gasteiger partial charge in [0, 0.05) is 18.8 Å². The molecular weight excluding hydrogens is 485 g/mol. The molecule has 36 heavy (non-hydrogen) atoms. The number of anilines is 1. The molecule has 2 heterocycles. The Labute approximate surface area is 218 Å². The monoisotopic (exact) mass is 521 g/mol. The van der Waals surface area contributed by atoms with E-state index in [1.54, 1.807) is 20.1 Å². The van der Waals surface area contributed by atoms with Gasteiger partial charge in [-0.25, -0.2) is 4.98 Å². The van der Waals surface area contributed by atoms with Gasteiger partial charge < -0.3 is 24.5 Å². The Bertz CT molecular complexity index is 1100. The number of terminal acetylenes is 1. The van der Waals surface area contributed by atoms with Crippen LogP contribution in [-0.4, -0.2) is 46.7 Å². The first kappa shape index (κ1) is 32.5. The lowest BCUT2D eigenvalue weighted by Crippen LogP contribution is -2.05. The van der Waals surface area contributed by atoms with E-state index in [1.165, 1.54) is 14.2 Å². The molecule has 0 aliphatic carbocycles. The zero-order valence-electron chi connectivity index (χ0n) is 22.0. The number of methoxy groups -OCH3 is 3. The highest BCUT2D eigenvalue weighted by Gasteiger charge is 2.15. The number of nitrogens with two attached hydrogens (primary N) is 1. The van der Waals surface area contributed by atoms with E-state index in [4.69, 9.17) is 31.5 Å². The van der Waals surface area contributed by atoms with Crippen molar-refractivity contribution in [3.8, 4) is 12.3 Å². The van der Waals surface area contributed by atoms with Gasteiger partial charge in [-0.15, -0.1) is 30.5 Å². The lowest BCUT2D eigenvalue weighted by atomic mass is 10.2. The fraction of sp³-hybridized carbons (Fsp3) is 0.423. The van der Waals surface area contributed by atoms with E-state index in [2.05, 4.69) is 40.5 Å². The highest BCUT2D eigenvalue weighted by molar-refractivity contribution is 6.19. The second-order valence-corrected chi connectivity index (χ2v) is 7.42. The molecule has 8 nitrogen and oxygen atoms in total. The number of hydrogen-bond donors (Lipinski definition) is 1. The van der Waals surface area contributed by atoms with Crippen LogP contribution in [-0.2, 0) is 27.2 Å². The van der Waals surface area contributed by atoms with Crippen LogP contribution in [0.25, 0.3) is 11.2 Å². The van der Waals surface area contributed by atoms with Crippen LogP contribution in [0.2, 0.25) is 0 Å². The highest BCUT2D eigenvalue weighted by atomic mass is 35.5. The van der Waals surface area contributed by atoms with Crippen LogP contribution in [0.1, 0.15) is 39.4 Å². The molecule has 0 saturated heterocycles. The summed E-state index contributed by atoms with van der Waals surface area (Å²) in [4.78, 5) is 11.7. The number of unbranched alkanes of at least 4 members (excludes halogenated alkanes) is 1. The minimum Gasteiger partial charge on any atom is -0.493 e. The Morgan fingerprint density at radius 2 is 1.86 bits per heavy atom. The lowest BCUT2D eigenvalue weighted by Gasteiger charge is -2.12. The van der Waals surface area contributed by atoms with E-state index in [1.807, 2.05) is 24.5 Å². The van der Waals surface area contributed by atoms with E-state index in [0.717, 1.165) is 37.2 Å². The molecule has 2 aromatic heterocycles. The molecule has 0 saturated carbocycles. The standard InChI is InChI=1S/C12H16FN5.C11H17ClO3.C3H4/c1-3-5-6-7-18-8(4-2)15-9-10(14)16-12(13)17-11(9)18;1-8(7-12)6-10(14-4)11(15-5)9(2)13-3;1-3-2/h3H,1,4-7H2,2H3,(H2,14,16,17);6H,2,7H2,1,3-5H3;1H,2H3/b;8-6-,11-10-;. The summed E-state index contributed by atoms with van der Waals surface area (Å²) >= 11 is 5.67. The molecule has 2 N–H and O–H groups in total. The van der Waals surface area contributed by atoms with E-state index in [-0.39, 0.29) is 5.82 Å². The maximum atomic E-state index is 13.2. The average molecular weight is 522 g/mol. The summed E-state index contributed by atoms with van der Waals surface area (Å²) in [6.07, 6.45) is 9.97. The Morgan fingerprint density at radius 3 is 2.33 bits per heavy atom. The Kier molecular flexibility index (Phi) is 16.1. The van der Waals surface area contributed by atoms with Crippen LogP contribution >= 0.6 is 11.6 Å². The molecule has 10 heteroatoms. The van der Waals surface area contributed by atoms with Crippen molar-refractivity contribution < 1.29 is 18.6 Å². The van der Waals surface area contributed by atoms with Gasteiger partial charge in [0.05, 0.1) is 21.3 Å². The van der Waals surface area contributed by atoms with Gasteiger partial charge in [0.25, 0.3) is 0 Å². The SMILES string of the molecule is C#CC.C=C(OC)/C(OC)=C(\C=C(\C)CCl)OC.C=CCCCn1c(CC)nc2c(N)nc(F)nc21. The molecule has 2 aromatic rings. The minimum atomic E-state index is -0.812. The van der Waals surface area contributed by atoms with Gasteiger partial charge in [-0.05, 0) is 32.8 Å². The van der Waals surface area contributed by atoms with Crippen molar-refractivity contribution in [3.05, 3.63) is 60.1 Å². The van der Waals surface area contributed by atoms with Gasteiger partial charge in [-0.1, -0.05) is 25.2 Å². The van der Waals surface area contributed by atoms with Gasteiger partial charge in [0.15, 0.2) is 28.5 Å². The fourth-order valence-electron chi connectivity index (χ4n) is 2.86. The number of halogens is 2. The Hall–Kier alpha value is -3.51. The lowest BCUT2D eigenvalue weighted by molar-refractivity contribution is 0.192. The third kappa shape index (κ3) is 10.0. The van der Waals surface area contributed by atoms with Crippen LogP contribution in [0.15, 0.2) is 48.2 Å². The van der Waals surface area contributed by atoms with Crippen molar-refractivity contribution >= 4 is 28.6 Å². The first-order valence-corrected chi connectivity index (χ1v) is 11.7. The van der Waals surface area contributed by atoms with Gasteiger partial charge in [0.1, 0.15) is 5.82 Å². The molecule has 0 aliphatic rings. The highest BCUT2D eigenvalue weighted by Crippen LogP contribution is 2.20. The fourth-order valence-corrected chi connectivity index (χ4v) is 2.94. The van der Waals surface area contributed by atoms with E-state index in [9.17, 15) is 4.39 Å². The van der Waals surface area contributed by atoms with Crippen molar-refractivity contribution in [1.29, 1.82) is 0 Å². The summed E-state index contributed by atoms with van der Waals surface area (Å²) in [5.74, 6) is 5.04. The van der Waals surface area contributed by atoms with Crippen LogP contribution in [0.4, 0.5) is 10.2 Å². The molecule has 198 valence electrons. The molecule has 0 aromatic carbocycles. The Morgan fingerprint density at radius 1 is 1.22 bits per heavy atom. The quantitative estimate of drug-likeness (QED) is 0.0787. The van der Waals surface area contributed by atoms with Crippen LogP contribution in [0.5, 0.6) is 0 Å². The van der Waals surface area contributed by atoms with Crippen LogP contribution in [0.3, 0.4) is 0 Å². The molecule has 0 spiro atoms. The molecule has 0 amide bonds. The molecule has 0 aliphatic heterocycles. The predicted molar refractivity (Wildman–Crippen MR) is 145 cm³/mol. The predicted octanol–water partition coefficient (Wildman–Crippen LogP) is 5.55. The summed E-state index contributed by atoms with van der Waals surface area (Å²) in [6.45, 7) is 13.6. The number of rotatable bonds is 11. The maximum absolute atomic E-state index is 13.2. The molecule has 0 fully saturated rings. The largest absolute Gasteiger partial charge is 0.493 e. The number of aromatic nitrogens is 4. The van der Waals surface area contributed by atoms with E-state index < -0.39 is 6.08 Å². The van der Waals surface area contributed by atoms with Gasteiger partial charge in [0.2, 0.25) is 5.76 Å². The summed E-state index contributed by atoms with van der Waals surface area (Å²) in [6, 6.07) is 0. The summed E-state index contributed by atoms with van der Waals surface area (Å²) < 4.78 is 30.4. The number of fused-ring (bicyclic) bond motifs is 1. The van der Waals surface area contributed by atoms with E-state index >= 15 is 0 Å². The van der Waals surface area contributed by atoms with Crippen molar-refractivity contribution in [2.45, 2.75) is 46.6 Å². The first-order valence-electron chi connectivity index (χ1n) is 11.1. The topological polar surface area (TPSA) is 97.3 Å². The molecule has 0 radical (unpaired) electrons. The normalized spacial score (nSPS) is 11.1. The van der Waals surface area contributed by atoms with Gasteiger partial charge >= 0.3 is 6.08 Å². The maximum Gasteiger partial charge on any atom is 0.312 e. The number of ether oxygens (including phenoxy) is 3. The molecule has 2 rings (SSSR count). The number of hydrogen-bond acceptors (Lipinski definition) is 7. The van der Waals surface area contributed by atoms with Gasteiger partial charge in [-0.3, -0.25) is 0 Å². The summed E-state index contributed by atoms with van der Waals surface area (Å²) in [5, 5.41) is 0. The number of imidazole rings is 1. The second kappa shape index (κ2) is 17.9. The minimum absolute atomic E-state index is 0.0923. The smallest absolute Gasteiger partial charge is 0.312 e. The number of nitrogen functional groups attached to an aromatic ring is 1. The zero-order chi connectivity index (χ0) is 27.7. The number of alkyl halides is 1. The third-order valence-electron chi connectivity index (χ3n) is 4.52. The molecule has 0 atom stereocenters. The average Bonchev–Trinajstić information content (AvgIpc) is 3.22. The van der Waals surface area contributed by atoms with Crippen LogP contribution < -0.4 is 5.73 Å². The van der Waals surface area contributed by atoms with Crippen molar-refractivity contribution in [1.82, 2.24) is 19.5 Å². The molecular formula is C26H37ClFN5O3. The number of aryl methyl sites for hydroxylation is 2. The zero-order valence-corrected chi connectivity index (χ0v) is 22.8. The second-order valence-electron chi connectivity index (χ2n) is 7.16. The first-order chi connectivity index (χ1) is 17.2. The number of allylic oxidation sites excluding steroid dienone is 3. The molecule has 0 bridgehead atoms. The number of nitrogens with zero attached hydrogens (tertiary/aromatic N) is 4. The van der Waals surface area contributed by atoms with E-state index in [0.29, 0.717) is 34.3 Å². The van der Waals surface area contributed by atoms with Crippen LogP contribution in [0, 0.1) is 18.4 Å². The summed E-state index contributed by atoms with van der Waals surface area (Å²) in [7, 11) is 4.60. The van der Waals surface area contributed by atoms with Crippen molar-refractivity contribution in [3.63, 3.8) is 0 Å². The molecule has 0 unspecified atom stereocenters. The Balaban J connectivity index is 0.000000624. The van der Waals surface area contributed by atoms with Crippen molar-refractivity contribution in [2.24, 2.45) is 0 Å². The summed E-state index contributed by atoms with van der Waals surface area (Å²) in [5.41, 5.74) is 7.58. The van der Waals surface area contributed by atoms with Crippen molar-refractivity contribution in [2.75, 3.05) is 32.9 Å². The van der Waals surface area contributed by atoms with Gasteiger partial charge in [-0.2, -0.15) is 14.4 Å².